The number of nitrogens with zero attached hydrogens (tertiary/aromatic N) is 1. The van der Waals surface area contributed by atoms with Gasteiger partial charge in [0.05, 0.1) is 0 Å². The lowest BCUT2D eigenvalue weighted by Crippen LogP contribution is -2.40. The Morgan fingerprint density at radius 1 is 1.35 bits per heavy atom. The smallest absolute Gasteiger partial charge is 0.220 e. The van der Waals surface area contributed by atoms with E-state index in [2.05, 4.69) is 43.5 Å². The molecule has 1 heterocycles. The van der Waals surface area contributed by atoms with Gasteiger partial charge in [-0.25, -0.2) is 0 Å². The molecule has 1 fully saturated rings. The summed E-state index contributed by atoms with van der Waals surface area (Å²) < 4.78 is 0. The van der Waals surface area contributed by atoms with Gasteiger partial charge in [-0.2, -0.15) is 0 Å². The molecule has 1 saturated heterocycles. The first-order chi connectivity index (χ1) is 8.39. The third-order valence-electron chi connectivity index (χ3n) is 3.39. The summed E-state index contributed by atoms with van der Waals surface area (Å²) in [6.45, 7) is 7.22. The molecule has 0 aliphatic carbocycles. The van der Waals surface area contributed by atoms with E-state index < -0.39 is 0 Å². The van der Waals surface area contributed by atoms with Crippen molar-refractivity contribution < 1.29 is 4.79 Å². The molecule has 20 heavy (non-hydrogen) atoms. The summed E-state index contributed by atoms with van der Waals surface area (Å²) in [4.78, 5) is 13.9. The molecule has 6 heteroatoms. The van der Waals surface area contributed by atoms with Crippen LogP contribution >= 0.6 is 24.8 Å². The summed E-state index contributed by atoms with van der Waals surface area (Å²) in [6.07, 6.45) is 4.09. The minimum absolute atomic E-state index is 0. The van der Waals surface area contributed by atoms with Crippen molar-refractivity contribution in [3.05, 3.63) is 0 Å². The van der Waals surface area contributed by atoms with Crippen LogP contribution in [0.4, 0.5) is 0 Å². The van der Waals surface area contributed by atoms with E-state index in [0.29, 0.717) is 12.5 Å². The third-order valence-corrected chi connectivity index (χ3v) is 3.39. The van der Waals surface area contributed by atoms with Crippen LogP contribution in [0.1, 0.15) is 39.5 Å². The maximum Gasteiger partial charge on any atom is 0.220 e. The normalized spacial score (nSPS) is 18.4. The van der Waals surface area contributed by atoms with Crippen molar-refractivity contribution in [3.8, 4) is 0 Å². The van der Waals surface area contributed by atoms with Gasteiger partial charge in [-0.1, -0.05) is 13.8 Å². The van der Waals surface area contributed by atoms with Crippen molar-refractivity contribution in [2.45, 2.75) is 45.6 Å². The van der Waals surface area contributed by atoms with E-state index in [0.717, 1.165) is 26.1 Å². The highest BCUT2D eigenvalue weighted by atomic mass is 35.5. The van der Waals surface area contributed by atoms with Gasteiger partial charge in [0, 0.05) is 25.6 Å². The van der Waals surface area contributed by atoms with E-state index in [1.54, 1.807) is 0 Å². The fourth-order valence-corrected chi connectivity index (χ4v) is 2.65. The van der Waals surface area contributed by atoms with Gasteiger partial charge in [-0.15, -0.1) is 24.8 Å². The predicted octanol–water partition coefficient (Wildman–Crippen LogP) is 2.07. The number of hydrogen-bond donors (Lipinski definition) is 2. The van der Waals surface area contributed by atoms with Crippen molar-refractivity contribution in [3.63, 3.8) is 0 Å². The quantitative estimate of drug-likeness (QED) is 0.752. The average Bonchev–Trinajstić information content (AvgIpc) is 2.74. The van der Waals surface area contributed by atoms with Crippen molar-refractivity contribution in [2.24, 2.45) is 5.41 Å². The van der Waals surface area contributed by atoms with E-state index in [4.69, 9.17) is 0 Å². The van der Waals surface area contributed by atoms with Crippen LogP contribution in [0, 0.1) is 5.41 Å². The molecule has 1 aliphatic rings. The van der Waals surface area contributed by atoms with Crippen LogP contribution < -0.4 is 10.6 Å². The van der Waals surface area contributed by atoms with Crippen molar-refractivity contribution in [2.75, 3.05) is 33.7 Å². The Hall–Kier alpha value is -0.0300. The molecule has 0 spiro atoms. The lowest BCUT2D eigenvalue weighted by atomic mass is 9.93. The van der Waals surface area contributed by atoms with Crippen LogP contribution in [0.2, 0.25) is 0 Å². The Labute approximate surface area is 136 Å². The van der Waals surface area contributed by atoms with Crippen LogP contribution in [0.25, 0.3) is 0 Å². The number of hydrogen-bond acceptors (Lipinski definition) is 3. The Morgan fingerprint density at radius 3 is 2.50 bits per heavy atom. The lowest BCUT2D eigenvalue weighted by molar-refractivity contribution is -0.121. The zero-order chi connectivity index (χ0) is 13.6. The molecular weight excluding hydrogens is 297 g/mol. The van der Waals surface area contributed by atoms with Crippen LogP contribution in [0.3, 0.4) is 0 Å². The van der Waals surface area contributed by atoms with Crippen molar-refractivity contribution in [1.82, 2.24) is 15.5 Å². The molecule has 2 N–H and O–H groups in total. The molecule has 1 unspecified atom stereocenters. The maximum absolute atomic E-state index is 11.8. The number of carbonyl (C=O) groups is 1. The fourth-order valence-electron chi connectivity index (χ4n) is 2.65. The first-order valence-electron chi connectivity index (χ1n) is 7.04. The van der Waals surface area contributed by atoms with Gasteiger partial charge < -0.3 is 15.5 Å². The second-order valence-corrected chi connectivity index (χ2v) is 6.51. The minimum Gasteiger partial charge on any atom is -0.356 e. The minimum atomic E-state index is 0. The molecule has 1 aliphatic heterocycles. The molecule has 0 aromatic rings. The number of amides is 1. The summed E-state index contributed by atoms with van der Waals surface area (Å²) in [5.74, 6) is 0.190. The van der Waals surface area contributed by atoms with Crippen LogP contribution in [-0.4, -0.2) is 50.6 Å². The van der Waals surface area contributed by atoms with Crippen LogP contribution in [-0.2, 0) is 4.79 Å². The average molecular weight is 328 g/mol. The van der Waals surface area contributed by atoms with E-state index in [-0.39, 0.29) is 36.1 Å². The lowest BCUT2D eigenvalue weighted by Gasteiger charge is -2.28. The molecule has 1 atom stereocenters. The number of nitrogens with one attached hydrogen (secondary N) is 2. The molecule has 122 valence electrons. The number of carbonyl (C=O) groups excluding carboxylic acids is 1. The summed E-state index contributed by atoms with van der Waals surface area (Å²) in [6, 6.07) is 0.561. The summed E-state index contributed by atoms with van der Waals surface area (Å²) in [5.41, 5.74) is 0.130. The SMILES string of the molecule is CN(C)CC(C)(C)CNC(=O)CCC1CCCN1.Cl.Cl. The van der Waals surface area contributed by atoms with Crippen molar-refractivity contribution in [1.29, 1.82) is 0 Å². The Balaban J connectivity index is 0. The van der Waals surface area contributed by atoms with Gasteiger partial charge in [0.1, 0.15) is 0 Å². The molecule has 1 rings (SSSR count). The van der Waals surface area contributed by atoms with Gasteiger partial charge in [0.25, 0.3) is 0 Å². The summed E-state index contributed by atoms with van der Waals surface area (Å²) in [5, 5.41) is 6.48. The molecule has 0 bridgehead atoms. The fraction of sp³-hybridized carbons (Fsp3) is 0.929. The number of rotatable bonds is 7. The van der Waals surface area contributed by atoms with E-state index in [1.165, 1.54) is 12.8 Å². The molecule has 0 aromatic heterocycles. The monoisotopic (exact) mass is 327 g/mol. The highest BCUT2D eigenvalue weighted by molar-refractivity contribution is 5.85. The highest BCUT2D eigenvalue weighted by Gasteiger charge is 2.20. The topological polar surface area (TPSA) is 44.4 Å². The van der Waals surface area contributed by atoms with E-state index in [9.17, 15) is 4.79 Å². The van der Waals surface area contributed by atoms with Crippen molar-refractivity contribution >= 4 is 30.7 Å². The predicted molar refractivity (Wildman–Crippen MR) is 90.1 cm³/mol. The largest absolute Gasteiger partial charge is 0.356 e. The van der Waals surface area contributed by atoms with E-state index >= 15 is 0 Å². The van der Waals surface area contributed by atoms with Crippen LogP contribution in [0.5, 0.6) is 0 Å². The molecule has 4 nitrogen and oxygen atoms in total. The molecule has 0 saturated carbocycles. The van der Waals surface area contributed by atoms with Gasteiger partial charge in [-0.3, -0.25) is 4.79 Å². The van der Waals surface area contributed by atoms with Crippen LogP contribution in [0.15, 0.2) is 0 Å². The Bertz CT molecular complexity index is 267. The molecule has 0 aromatic carbocycles. The second kappa shape index (κ2) is 10.7. The van der Waals surface area contributed by atoms with Gasteiger partial charge in [0.15, 0.2) is 0 Å². The van der Waals surface area contributed by atoms with E-state index in [1.807, 2.05) is 0 Å². The zero-order valence-corrected chi connectivity index (χ0v) is 14.8. The maximum atomic E-state index is 11.8. The summed E-state index contributed by atoms with van der Waals surface area (Å²) >= 11 is 0. The summed E-state index contributed by atoms with van der Waals surface area (Å²) in [7, 11) is 4.13. The molecule has 1 amide bonds. The first kappa shape index (κ1) is 22.3. The molecular formula is C14H31Cl2N3O. The standard InChI is InChI=1S/C14H29N3O.2ClH/c1-14(2,11-17(3)4)10-16-13(18)8-7-12-6-5-9-15-12;;/h12,15H,5-11H2,1-4H3,(H,16,18);2*1H. The van der Waals surface area contributed by atoms with Gasteiger partial charge in [-0.05, 0) is 45.3 Å². The zero-order valence-electron chi connectivity index (χ0n) is 13.2. The van der Waals surface area contributed by atoms with Gasteiger partial charge >= 0.3 is 0 Å². The Morgan fingerprint density at radius 2 is 2.00 bits per heavy atom. The third kappa shape index (κ3) is 9.81. The van der Waals surface area contributed by atoms with Gasteiger partial charge in [0.2, 0.25) is 5.91 Å². The number of halogens is 2. The highest BCUT2D eigenvalue weighted by Crippen LogP contribution is 2.15. The second-order valence-electron chi connectivity index (χ2n) is 6.51. The first-order valence-corrected chi connectivity index (χ1v) is 7.04. The Kier molecular flexibility index (Phi) is 11.9. The molecule has 0 radical (unpaired) electrons.